The maximum atomic E-state index is 12.9. The number of rotatable bonds is 8. The smallest absolute Gasteiger partial charge is 0.316 e. The summed E-state index contributed by atoms with van der Waals surface area (Å²) in [5.41, 5.74) is 4.57. The third-order valence-corrected chi connectivity index (χ3v) is 8.64. The first kappa shape index (κ1) is 24.1. The average Bonchev–Trinajstić information content (AvgIpc) is 3.59. The second-order valence-corrected chi connectivity index (χ2v) is 10.6. The topological polar surface area (TPSA) is 177 Å². The Labute approximate surface area is 214 Å². The number of β-lactam (4-membered cyclic amide) rings is 1. The Hall–Kier alpha value is -3.57. The molecule has 13 nitrogen and oxygen atoms in total. The van der Waals surface area contributed by atoms with E-state index in [-0.39, 0.29) is 23.3 Å². The molecule has 1 unspecified atom stereocenters. The van der Waals surface area contributed by atoms with E-state index in [1.807, 2.05) is 9.78 Å². The van der Waals surface area contributed by atoms with Gasteiger partial charge in [-0.05, 0) is 6.08 Å². The number of hydrogen-bond acceptors (Lipinski definition) is 12. The van der Waals surface area contributed by atoms with Gasteiger partial charge < -0.3 is 25.9 Å². The molecule has 5 heterocycles. The van der Waals surface area contributed by atoms with Crippen LogP contribution in [0.15, 0.2) is 29.1 Å². The molecule has 2 aliphatic rings. The molecule has 5 rings (SSSR count). The molecule has 188 valence electrons. The number of oxime groups is 1. The fourth-order valence-electron chi connectivity index (χ4n) is 3.82. The van der Waals surface area contributed by atoms with Crippen molar-refractivity contribution >= 4 is 74.2 Å². The van der Waals surface area contributed by atoms with Crippen LogP contribution in [-0.4, -0.2) is 82.8 Å². The van der Waals surface area contributed by atoms with Crippen molar-refractivity contribution in [1.29, 1.82) is 0 Å². The van der Waals surface area contributed by atoms with Gasteiger partial charge in [0.25, 0.3) is 12.8 Å². The number of nitrogens with two attached hydrogens (primary N) is 1. The lowest BCUT2D eigenvalue weighted by atomic mass is 9.86. The predicted octanol–water partition coefficient (Wildman–Crippen LogP) is 0.662. The number of carboxylic acids is 1. The molecule has 0 aromatic carbocycles. The fraction of sp³-hybridized carbons (Fsp3) is 0.316. The van der Waals surface area contributed by atoms with Crippen molar-refractivity contribution in [3.63, 3.8) is 0 Å². The van der Waals surface area contributed by atoms with Crippen LogP contribution in [0.3, 0.4) is 0 Å². The summed E-state index contributed by atoms with van der Waals surface area (Å²) in [5, 5.41) is 17.4. The van der Waals surface area contributed by atoms with E-state index in [9.17, 15) is 23.9 Å². The number of aliphatic carboxylic acids is 1. The Balaban J connectivity index is 1.30. The molecule has 0 bridgehead atoms. The van der Waals surface area contributed by atoms with E-state index >= 15 is 0 Å². The Bertz CT molecular complexity index is 1400. The number of amides is 2. The second-order valence-electron chi connectivity index (χ2n) is 7.81. The molecule has 0 radical (unpaired) electrons. The van der Waals surface area contributed by atoms with Crippen LogP contribution in [-0.2, 0) is 19.2 Å². The Morgan fingerprint density at radius 1 is 1.47 bits per heavy atom. The number of nitrogens with one attached hydrogen (secondary N) is 1. The minimum Gasteiger partial charge on any atom is -0.481 e. The van der Waals surface area contributed by atoms with E-state index in [2.05, 4.69) is 29.7 Å². The summed E-state index contributed by atoms with van der Waals surface area (Å²) in [6.45, 7) is -1.34. The molecule has 2 saturated heterocycles. The number of alkyl halides is 1. The molecule has 2 fully saturated rings. The summed E-state index contributed by atoms with van der Waals surface area (Å²) in [7, 11) is 0. The van der Waals surface area contributed by atoms with E-state index in [0.29, 0.717) is 0 Å². The number of thiazole rings is 1. The van der Waals surface area contributed by atoms with Gasteiger partial charge in [0.2, 0.25) is 17.4 Å². The minimum absolute atomic E-state index is 0.0605. The normalized spacial score (nSPS) is 24.1. The largest absolute Gasteiger partial charge is 0.481 e. The van der Waals surface area contributed by atoms with Crippen LogP contribution in [0.5, 0.6) is 0 Å². The maximum absolute atomic E-state index is 12.9. The number of nitrogen functional groups attached to an aromatic ring is 1. The van der Waals surface area contributed by atoms with Crippen LogP contribution < -0.4 is 11.1 Å². The maximum Gasteiger partial charge on any atom is 0.316 e. The average molecular weight is 553 g/mol. The minimum atomic E-state index is -1.32. The molecule has 0 saturated carbocycles. The van der Waals surface area contributed by atoms with Crippen molar-refractivity contribution in [2.45, 2.75) is 11.4 Å². The zero-order valence-electron chi connectivity index (χ0n) is 18.1. The number of aromatic nitrogens is 4. The van der Waals surface area contributed by atoms with Gasteiger partial charge in [0, 0.05) is 29.2 Å². The van der Waals surface area contributed by atoms with Crippen molar-refractivity contribution in [2.75, 3.05) is 24.9 Å². The molecule has 0 aliphatic carbocycles. The third kappa shape index (κ3) is 4.18. The fourth-order valence-corrected chi connectivity index (χ4v) is 6.59. The molecule has 3 atom stereocenters. The highest BCUT2D eigenvalue weighted by Crippen LogP contribution is 2.43. The summed E-state index contributed by atoms with van der Waals surface area (Å²) in [6.07, 6.45) is 6.66. The molecule has 0 spiro atoms. The van der Waals surface area contributed by atoms with Crippen molar-refractivity contribution < 1.29 is 28.7 Å². The lowest BCUT2D eigenvalue weighted by Crippen LogP contribution is -2.73. The Morgan fingerprint density at radius 3 is 3.03 bits per heavy atom. The Kier molecular flexibility index (Phi) is 6.35. The van der Waals surface area contributed by atoms with Crippen LogP contribution >= 0.6 is 34.6 Å². The highest BCUT2D eigenvalue weighted by atomic mass is 32.2. The number of anilines is 1. The van der Waals surface area contributed by atoms with Crippen LogP contribution in [0.4, 0.5) is 9.52 Å². The monoisotopic (exact) mass is 552 g/mol. The molecular weight excluding hydrogens is 535 g/mol. The van der Waals surface area contributed by atoms with E-state index in [4.69, 9.17) is 5.73 Å². The summed E-state index contributed by atoms with van der Waals surface area (Å²) >= 11 is 3.52. The molecule has 3 aromatic rings. The third-order valence-electron chi connectivity index (χ3n) is 5.65. The molecular formula is C19H17FN8O5S3. The summed E-state index contributed by atoms with van der Waals surface area (Å²) < 4.78 is 18.2. The standard InChI is InChI=1S/C19H17FN8O5S3/c20-7-33-25-11(13-24-18(21)36-26-13)14(29)23-12-15(30)27-5-19(17(31)32,6-35-16(12)27)2-1-9-4-34-10-3-22-8-28(9)10/h1-4,8,12,16H,5-7H2,(H,23,29)(H,31,32)(H2,21,24,26)/t12-,16-,19?/m1/s1. The van der Waals surface area contributed by atoms with Crippen LogP contribution in [0.25, 0.3) is 10.9 Å². The number of carboxylic acid groups (broad SMARTS) is 1. The number of carbonyl (C=O) groups excluding carboxylic acids is 2. The lowest BCUT2D eigenvalue weighted by Gasteiger charge is -2.53. The number of imidazole rings is 1. The van der Waals surface area contributed by atoms with Gasteiger partial charge in [-0.2, -0.15) is 9.36 Å². The molecule has 17 heteroatoms. The van der Waals surface area contributed by atoms with Gasteiger partial charge in [0.1, 0.15) is 28.0 Å². The molecule has 2 amide bonds. The van der Waals surface area contributed by atoms with Gasteiger partial charge in [-0.25, -0.2) is 9.37 Å². The number of nitrogens with zero attached hydrogens (tertiary/aromatic N) is 6. The summed E-state index contributed by atoms with van der Waals surface area (Å²) in [6, 6.07) is -0.938. The summed E-state index contributed by atoms with van der Waals surface area (Å²) in [4.78, 5) is 52.5. The number of carbonyl (C=O) groups is 3. The zero-order chi connectivity index (χ0) is 25.4. The van der Waals surface area contributed by atoms with E-state index in [1.54, 1.807) is 24.7 Å². The van der Waals surface area contributed by atoms with Crippen LogP contribution in [0.2, 0.25) is 0 Å². The first-order valence-corrected chi connectivity index (χ1v) is 12.9. The Morgan fingerprint density at radius 2 is 2.31 bits per heavy atom. The van der Waals surface area contributed by atoms with Crippen molar-refractivity contribution in [3.8, 4) is 0 Å². The predicted molar refractivity (Wildman–Crippen MR) is 130 cm³/mol. The highest BCUT2D eigenvalue weighted by molar-refractivity contribution is 8.00. The van der Waals surface area contributed by atoms with Crippen molar-refractivity contribution in [1.82, 2.24) is 29.0 Å². The van der Waals surface area contributed by atoms with Crippen molar-refractivity contribution in [3.05, 3.63) is 35.5 Å². The summed E-state index contributed by atoms with van der Waals surface area (Å²) in [5.74, 6) is -2.36. The van der Waals surface area contributed by atoms with E-state index in [0.717, 1.165) is 22.1 Å². The first-order chi connectivity index (χ1) is 17.3. The van der Waals surface area contributed by atoms with Gasteiger partial charge in [-0.3, -0.25) is 18.8 Å². The molecule has 4 N–H and O–H groups in total. The first-order valence-electron chi connectivity index (χ1n) is 10.2. The quantitative estimate of drug-likeness (QED) is 0.204. The van der Waals surface area contributed by atoms with Crippen molar-refractivity contribution in [2.24, 2.45) is 10.6 Å². The molecule has 3 aromatic heterocycles. The van der Waals surface area contributed by atoms with Gasteiger partial charge in [-0.15, -0.1) is 23.1 Å². The number of fused-ring (bicyclic) bond motifs is 2. The van der Waals surface area contributed by atoms with E-state index < -0.39 is 47.2 Å². The number of thioether (sulfide) groups is 1. The number of hydrogen-bond donors (Lipinski definition) is 3. The molecule has 2 aliphatic heterocycles. The van der Waals surface area contributed by atoms with Gasteiger partial charge in [0.05, 0.1) is 11.9 Å². The van der Waals surface area contributed by atoms with E-state index in [1.165, 1.54) is 28.0 Å². The number of halogens is 1. The SMILES string of the molecule is Nc1nc(C(=NOCF)C(=O)N[C@@H]2C(=O)N3CC(C=Cc4csc5cncn45)(C(=O)O)CS[C@H]23)ns1. The zero-order valence-corrected chi connectivity index (χ0v) is 20.6. The van der Waals surface area contributed by atoms with Gasteiger partial charge in [-0.1, -0.05) is 11.2 Å². The molecule has 36 heavy (non-hydrogen) atoms. The van der Waals surface area contributed by atoms with Gasteiger partial charge >= 0.3 is 5.97 Å². The lowest BCUT2D eigenvalue weighted by molar-refractivity contribution is -0.155. The van der Waals surface area contributed by atoms with Crippen LogP contribution in [0, 0.1) is 5.41 Å². The highest BCUT2D eigenvalue weighted by Gasteiger charge is 2.57. The van der Waals surface area contributed by atoms with Gasteiger partial charge in [0.15, 0.2) is 5.13 Å². The van der Waals surface area contributed by atoms with Crippen LogP contribution in [0.1, 0.15) is 11.5 Å². The second kappa shape index (κ2) is 9.47.